The third-order valence-corrected chi connectivity index (χ3v) is 6.51. The number of rotatable bonds is 6. The van der Waals surface area contributed by atoms with E-state index in [9.17, 15) is 18.8 Å². The third-order valence-electron chi connectivity index (χ3n) is 4.74. The van der Waals surface area contributed by atoms with E-state index in [2.05, 4.69) is 5.32 Å². The van der Waals surface area contributed by atoms with Crippen LogP contribution in [0.2, 0.25) is 0 Å². The van der Waals surface area contributed by atoms with Crippen LogP contribution in [0.5, 0.6) is 0 Å². The number of nitrogens with one attached hydrogen (secondary N) is 1. The number of nitrogens with zero attached hydrogens (tertiary/aromatic N) is 1. The fraction of sp³-hybridized carbons (Fsp3) is 0.190. The largest absolute Gasteiger partial charge is 0.351 e. The standard InChI is InChI=1S/C21H17FN2O3S2/c22-15-1-3-16(4-2-15)24-11-14(9-19(24)25)21(27)23-10-17-5-6-18(29-17)20(26)13-7-8-28-12-13/h1-8,12,14H,9-11H2,(H,23,27). The van der Waals surface area contributed by atoms with Crippen LogP contribution in [0.4, 0.5) is 10.1 Å². The van der Waals surface area contributed by atoms with E-state index in [4.69, 9.17) is 0 Å². The Morgan fingerprint density at radius 1 is 1.14 bits per heavy atom. The highest BCUT2D eigenvalue weighted by atomic mass is 32.1. The van der Waals surface area contributed by atoms with Crippen LogP contribution in [0.25, 0.3) is 0 Å². The molecule has 148 valence electrons. The van der Waals surface area contributed by atoms with Crippen molar-refractivity contribution < 1.29 is 18.8 Å². The first-order valence-electron chi connectivity index (χ1n) is 9.00. The highest BCUT2D eigenvalue weighted by Gasteiger charge is 2.35. The van der Waals surface area contributed by atoms with E-state index in [1.165, 1.54) is 51.8 Å². The molecule has 0 spiro atoms. The van der Waals surface area contributed by atoms with Crippen LogP contribution in [0.15, 0.2) is 53.2 Å². The van der Waals surface area contributed by atoms with Gasteiger partial charge in [-0.15, -0.1) is 11.3 Å². The topological polar surface area (TPSA) is 66.5 Å². The van der Waals surface area contributed by atoms with E-state index in [0.29, 0.717) is 22.7 Å². The molecule has 0 aliphatic carbocycles. The smallest absolute Gasteiger partial charge is 0.227 e. The second-order valence-corrected chi connectivity index (χ2v) is 8.66. The molecule has 0 bridgehead atoms. The number of benzene rings is 1. The Kier molecular flexibility index (Phi) is 5.55. The number of anilines is 1. The van der Waals surface area contributed by atoms with E-state index in [-0.39, 0.29) is 36.4 Å². The lowest BCUT2D eigenvalue weighted by molar-refractivity contribution is -0.126. The monoisotopic (exact) mass is 428 g/mol. The van der Waals surface area contributed by atoms with Crippen molar-refractivity contribution in [2.75, 3.05) is 11.4 Å². The zero-order valence-electron chi connectivity index (χ0n) is 15.3. The molecule has 4 rings (SSSR count). The van der Waals surface area contributed by atoms with Gasteiger partial charge in [-0.3, -0.25) is 14.4 Å². The summed E-state index contributed by atoms with van der Waals surface area (Å²) in [6, 6.07) is 11.0. The van der Waals surface area contributed by atoms with Gasteiger partial charge in [-0.25, -0.2) is 4.39 Å². The van der Waals surface area contributed by atoms with Crippen molar-refractivity contribution in [3.8, 4) is 0 Å². The second kappa shape index (κ2) is 8.26. The van der Waals surface area contributed by atoms with E-state index in [1.807, 2.05) is 16.8 Å². The second-order valence-electron chi connectivity index (χ2n) is 6.71. The summed E-state index contributed by atoms with van der Waals surface area (Å²) >= 11 is 2.82. The van der Waals surface area contributed by atoms with Gasteiger partial charge in [0.2, 0.25) is 17.6 Å². The summed E-state index contributed by atoms with van der Waals surface area (Å²) in [6.45, 7) is 0.574. The molecule has 0 saturated carbocycles. The number of thiophene rings is 2. The van der Waals surface area contributed by atoms with Crippen molar-refractivity contribution >= 4 is 46.0 Å². The molecule has 0 radical (unpaired) electrons. The van der Waals surface area contributed by atoms with Gasteiger partial charge in [0.25, 0.3) is 0 Å². The number of amides is 2. The summed E-state index contributed by atoms with van der Waals surface area (Å²) in [4.78, 5) is 40.1. The summed E-state index contributed by atoms with van der Waals surface area (Å²) in [5, 5.41) is 6.53. The van der Waals surface area contributed by atoms with Gasteiger partial charge in [0.1, 0.15) is 5.82 Å². The SMILES string of the molecule is O=C(c1ccsc1)c1ccc(CNC(=O)C2CC(=O)N(c3ccc(F)cc3)C2)s1. The van der Waals surface area contributed by atoms with Crippen LogP contribution in [0, 0.1) is 11.7 Å². The van der Waals surface area contributed by atoms with Crippen molar-refractivity contribution in [2.24, 2.45) is 5.92 Å². The molecule has 1 aliphatic rings. The molecule has 1 N–H and O–H groups in total. The van der Waals surface area contributed by atoms with Gasteiger partial charge >= 0.3 is 0 Å². The maximum absolute atomic E-state index is 13.1. The molecule has 2 amide bonds. The first kappa shape index (κ1) is 19.5. The van der Waals surface area contributed by atoms with Gasteiger partial charge in [0, 0.05) is 34.5 Å². The van der Waals surface area contributed by atoms with Crippen molar-refractivity contribution in [1.82, 2.24) is 5.32 Å². The fourth-order valence-electron chi connectivity index (χ4n) is 3.20. The third kappa shape index (κ3) is 4.28. The molecule has 5 nitrogen and oxygen atoms in total. The van der Waals surface area contributed by atoms with Crippen LogP contribution < -0.4 is 10.2 Å². The highest BCUT2D eigenvalue weighted by molar-refractivity contribution is 7.14. The highest BCUT2D eigenvalue weighted by Crippen LogP contribution is 2.26. The first-order chi connectivity index (χ1) is 14.0. The summed E-state index contributed by atoms with van der Waals surface area (Å²) < 4.78 is 13.1. The minimum absolute atomic E-state index is 0.0230. The average molecular weight is 429 g/mol. The zero-order chi connectivity index (χ0) is 20.4. The lowest BCUT2D eigenvalue weighted by Gasteiger charge is -2.16. The number of carbonyl (C=O) groups is 3. The summed E-state index contributed by atoms with van der Waals surface area (Å²) in [5.41, 5.74) is 1.25. The Bertz CT molecular complexity index is 1040. The van der Waals surface area contributed by atoms with Crippen LogP contribution >= 0.6 is 22.7 Å². The molecule has 1 aliphatic heterocycles. The van der Waals surface area contributed by atoms with E-state index in [1.54, 1.807) is 12.1 Å². The van der Waals surface area contributed by atoms with Gasteiger partial charge < -0.3 is 10.2 Å². The Hall–Kier alpha value is -2.84. The quantitative estimate of drug-likeness (QED) is 0.607. The molecular weight excluding hydrogens is 411 g/mol. The molecule has 3 heterocycles. The lowest BCUT2D eigenvalue weighted by Crippen LogP contribution is -2.32. The van der Waals surface area contributed by atoms with Crippen LogP contribution in [-0.2, 0) is 16.1 Å². The van der Waals surface area contributed by atoms with Crippen molar-refractivity contribution in [3.05, 3.63) is 74.4 Å². The van der Waals surface area contributed by atoms with Gasteiger partial charge in [-0.1, -0.05) is 0 Å². The molecule has 1 fully saturated rings. The molecular formula is C21H17FN2O3S2. The van der Waals surface area contributed by atoms with Crippen LogP contribution in [-0.4, -0.2) is 24.1 Å². The number of halogens is 1. The Morgan fingerprint density at radius 3 is 2.66 bits per heavy atom. The predicted molar refractivity (Wildman–Crippen MR) is 111 cm³/mol. The maximum Gasteiger partial charge on any atom is 0.227 e. The number of ketones is 1. The summed E-state index contributed by atoms with van der Waals surface area (Å²) in [5.74, 6) is -1.22. The van der Waals surface area contributed by atoms with Crippen molar-refractivity contribution in [1.29, 1.82) is 0 Å². The van der Waals surface area contributed by atoms with Gasteiger partial charge in [0.05, 0.1) is 17.3 Å². The number of carbonyl (C=O) groups excluding carboxylic acids is 3. The zero-order valence-corrected chi connectivity index (χ0v) is 16.9. The molecule has 1 atom stereocenters. The molecule has 8 heteroatoms. The first-order valence-corrected chi connectivity index (χ1v) is 10.8. The van der Waals surface area contributed by atoms with Gasteiger partial charge in [0.15, 0.2) is 0 Å². The number of hydrogen-bond acceptors (Lipinski definition) is 5. The molecule has 3 aromatic rings. The summed E-state index contributed by atoms with van der Waals surface area (Å²) in [6.07, 6.45) is 0.121. The lowest BCUT2D eigenvalue weighted by atomic mass is 10.1. The summed E-state index contributed by atoms with van der Waals surface area (Å²) in [7, 11) is 0. The molecule has 1 aromatic carbocycles. The Labute approximate surface area is 174 Å². The fourth-order valence-corrected chi connectivity index (χ4v) is 4.75. The molecule has 1 saturated heterocycles. The van der Waals surface area contributed by atoms with Crippen LogP contribution in [0.3, 0.4) is 0 Å². The minimum atomic E-state index is -0.459. The molecule has 29 heavy (non-hydrogen) atoms. The van der Waals surface area contributed by atoms with E-state index < -0.39 is 5.92 Å². The van der Waals surface area contributed by atoms with Gasteiger partial charge in [-0.05, 0) is 47.8 Å². The predicted octanol–water partition coefficient (Wildman–Crippen LogP) is 3.85. The Morgan fingerprint density at radius 2 is 1.93 bits per heavy atom. The van der Waals surface area contributed by atoms with Crippen LogP contribution in [0.1, 0.15) is 26.5 Å². The van der Waals surface area contributed by atoms with Gasteiger partial charge in [-0.2, -0.15) is 11.3 Å². The van der Waals surface area contributed by atoms with Crippen molar-refractivity contribution in [2.45, 2.75) is 13.0 Å². The maximum atomic E-state index is 13.1. The number of hydrogen-bond donors (Lipinski definition) is 1. The van der Waals surface area contributed by atoms with E-state index in [0.717, 1.165) is 4.88 Å². The van der Waals surface area contributed by atoms with Crippen molar-refractivity contribution in [3.63, 3.8) is 0 Å². The molecule has 2 aromatic heterocycles. The average Bonchev–Trinajstić information content (AvgIpc) is 3.47. The minimum Gasteiger partial charge on any atom is -0.351 e. The Balaban J connectivity index is 1.34. The van der Waals surface area contributed by atoms with E-state index >= 15 is 0 Å². The molecule has 1 unspecified atom stereocenters. The normalized spacial score (nSPS) is 16.2.